The topological polar surface area (TPSA) is 49.7 Å². The molecule has 0 aromatic heterocycles. The zero-order chi connectivity index (χ0) is 18.4. The summed E-state index contributed by atoms with van der Waals surface area (Å²) in [5.74, 6) is -0.0484. The predicted octanol–water partition coefficient (Wildman–Crippen LogP) is 3.47. The monoisotopic (exact) mass is 358 g/mol. The SMILES string of the molecule is O=C1[C@@H]2[C@H](C(=O)N1Cc1ccccc1)[C@H]1CC[C@@H]2C1=NCc1ccccc1. The van der Waals surface area contributed by atoms with Gasteiger partial charge in [0.15, 0.2) is 0 Å². The third-order valence-electron chi connectivity index (χ3n) is 6.38. The normalized spacial score (nSPS) is 30.4. The minimum atomic E-state index is -0.186. The van der Waals surface area contributed by atoms with Crippen LogP contribution in [-0.4, -0.2) is 22.4 Å². The third kappa shape index (κ3) is 2.62. The highest BCUT2D eigenvalue weighted by molar-refractivity contribution is 6.13. The molecule has 2 aromatic rings. The summed E-state index contributed by atoms with van der Waals surface area (Å²) in [6, 6.07) is 19.9. The van der Waals surface area contributed by atoms with Crippen molar-refractivity contribution in [3.8, 4) is 0 Å². The maximum atomic E-state index is 13.1. The number of carbonyl (C=O) groups is 2. The fraction of sp³-hybridized carbons (Fsp3) is 0.348. The van der Waals surface area contributed by atoms with Gasteiger partial charge in [0.1, 0.15) is 0 Å². The van der Waals surface area contributed by atoms with E-state index in [-0.39, 0.29) is 35.5 Å². The third-order valence-corrected chi connectivity index (χ3v) is 6.38. The lowest BCUT2D eigenvalue weighted by molar-refractivity contribution is -0.141. The van der Waals surface area contributed by atoms with Gasteiger partial charge in [-0.3, -0.25) is 19.5 Å². The van der Waals surface area contributed by atoms with Crippen LogP contribution in [0.15, 0.2) is 65.7 Å². The van der Waals surface area contributed by atoms with Crippen LogP contribution in [0.1, 0.15) is 24.0 Å². The standard InChI is InChI=1S/C23H22N2O2/c26-22-19-17-11-12-18(21(17)24-13-15-7-3-1-4-8-15)20(19)23(27)25(22)14-16-9-5-2-6-10-16/h1-10,17-20H,11-14H2/t17-,18+,19-,20+. The molecule has 0 spiro atoms. The zero-order valence-corrected chi connectivity index (χ0v) is 15.1. The molecule has 2 aromatic carbocycles. The molecule has 0 N–H and O–H groups in total. The molecule has 2 aliphatic carbocycles. The van der Waals surface area contributed by atoms with Crippen molar-refractivity contribution in [1.82, 2.24) is 4.90 Å². The number of hydrogen-bond acceptors (Lipinski definition) is 3. The number of imide groups is 1. The molecule has 136 valence electrons. The van der Waals surface area contributed by atoms with Gasteiger partial charge >= 0.3 is 0 Å². The Morgan fingerprint density at radius 3 is 1.85 bits per heavy atom. The van der Waals surface area contributed by atoms with Crippen molar-refractivity contribution in [2.75, 3.05) is 0 Å². The molecule has 5 rings (SSSR count). The maximum absolute atomic E-state index is 13.1. The molecule has 0 unspecified atom stereocenters. The van der Waals surface area contributed by atoms with Crippen molar-refractivity contribution in [2.24, 2.45) is 28.7 Å². The lowest BCUT2D eigenvalue weighted by atomic mass is 9.81. The molecule has 1 heterocycles. The summed E-state index contributed by atoms with van der Waals surface area (Å²) in [6.07, 6.45) is 1.97. The van der Waals surface area contributed by atoms with Gasteiger partial charge in [0.2, 0.25) is 11.8 Å². The lowest BCUT2D eigenvalue weighted by Crippen LogP contribution is -2.33. The first-order valence-electron chi connectivity index (χ1n) is 9.71. The van der Waals surface area contributed by atoms with Crippen molar-refractivity contribution < 1.29 is 9.59 Å². The second-order valence-electron chi connectivity index (χ2n) is 7.82. The van der Waals surface area contributed by atoms with E-state index in [1.807, 2.05) is 48.5 Å². The summed E-state index contributed by atoms with van der Waals surface area (Å²) in [5, 5.41) is 0. The van der Waals surface area contributed by atoms with E-state index in [1.54, 1.807) is 0 Å². The average Bonchev–Trinajstić information content (AvgIpc) is 3.33. The average molecular weight is 358 g/mol. The number of fused-ring (bicyclic) bond motifs is 5. The Kier molecular flexibility index (Phi) is 3.92. The van der Waals surface area contributed by atoms with Gasteiger partial charge in [-0.05, 0) is 24.0 Å². The number of aliphatic imine (C=N–C) groups is 1. The minimum absolute atomic E-state index is 0.00784. The summed E-state index contributed by atoms with van der Waals surface area (Å²) in [4.78, 5) is 32.5. The quantitative estimate of drug-likeness (QED) is 0.786. The van der Waals surface area contributed by atoms with Crippen LogP contribution in [0.25, 0.3) is 0 Å². The molecular formula is C23H22N2O2. The second kappa shape index (κ2) is 6.45. The van der Waals surface area contributed by atoms with Crippen LogP contribution in [-0.2, 0) is 22.7 Å². The number of amides is 2. The van der Waals surface area contributed by atoms with E-state index in [0.717, 1.165) is 24.1 Å². The van der Waals surface area contributed by atoms with Gasteiger partial charge in [0, 0.05) is 17.5 Å². The van der Waals surface area contributed by atoms with Crippen molar-refractivity contribution in [1.29, 1.82) is 0 Å². The Morgan fingerprint density at radius 1 is 0.778 bits per heavy atom. The number of rotatable bonds is 4. The fourth-order valence-electron chi connectivity index (χ4n) is 5.20. The van der Waals surface area contributed by atoms with Gasteiger partial charge in [-0.15, -0.1) is 0 Å². The maximum Gasteiger partial charge on any atom is 0.234 e. The molecule has 2 bridgehead atoms. The molecule has 4 atom stereocenters. The number of nitrogens with zero attached hydrogens (tertiary/aromatic N) is 2. The molecule has 4 nitrogen and oxygen atoms in total. The molecule has 2 amide bonds. The molecule has 1 aliphatic heterocycles. The van der Waals surface area contributed by atoms with Gasteiger partial charge in [0.25, 0.3) is 0 Å². The molecular weight excluding hydrogens is 336 g/mol. The number of hydrogen-bond donors (Lipinski definition) is 0. The Labute approximate surface area is 158 Å². The van der Waals surface area contributed by atoms with Gasteiger partial charge in [-0.1, -0.05) is 60.7 Å². The highest BCUT2D eigenvalue weighted by Gasteiger charge is 2.63. The number of benzene rings is 2. The van der Waals surface area contributed by atoms with E-state index in [0.29, 0.717) is 13.1 Å². The van der Waals surface area contributed by atoms with Crippen LogP contribution < -0.4 is 0 Å². The number of carbonyl (C=O) groups excluding carboxylic acids is 2. The van der Waals surface area contributed by atoms with Gasteiger partial charge in [-0.2, -0.15) is 0 Å². The molecule has 3 aliphatic rings. The molecule has 3 fully saturated rings. The summed E-state index contributed by atoms with van der Waals surface area (Å²) in [7, 11) is 0. The first-order valence-corrected chi connectivity index (χ1v) is 9.71. The second-order valence-corrected chi connectivity index (χ2v) is 7.82. The number of likely N-dealkylation sites (tertiary alicyclic amines) is 1. The summed E-state index contributed by atoms with van der Waals surface area (Å²) < 4.78 is 0. The largest absolute Gasteiger partial charge is 0.289 e. The van der Waals surface area contributed by atoms with E-state index in [1.165, 1.54) is 10.5 Å². The van der Waals surface area contributed by atoms with E-state index < -0.39 is 0 Å². The first-order chi connectivity index (χ1) is 13.2. The van der Waals surface area contributed by atoms with Crippen molar-refractivity contribution >= 4 is 17.5 Å². The summed E-state index contributed by atoms with van der Waals surface area (Å²) in [5.41, 5.74) is 3.30. The minimum Gasteiger partial charge on any atom is -0.289 e. The molecule has 0 radical (unpaired) electrons. The van der Waals surface area contributed by atoms with Gasteiger partial charge in [-0.25, -0.2) is 0 Å². The summed E-state index contributed by atoms with van der Waals surface area (Å²) in [6.45, 7) is 1.03. The van der Waals surface area contributed by atoms with Crippen molar-refractivity contribution in [3.05, 3.63) is 71.8 Å². The molecule has 1 saturated heterocycles. The van der Waals surface area contributed by atoms with Crippen LogP contribution in [0.2, 0.25) is 0 Å². The first kappa shape index (κ1) is 16.4. The molecule has 27 heavy (non-hydrogen) atoms. The van der Waals surface area contributed by atoms with E-state index >= 15 is 0 Å². The van der Waals surface area contributed by atoms with Crippen LogP contribution in [0.3, 0.4) is 0 Å². The van der Waals surface area contributed by atoms with Crippen LogP contribution in [0.5, 0.6) is 0 Å². The molecule has 4 heteroatoms. The zero-order valence-electron chi connectivity index (χ0n) is 15.1. The Hall–Kier alpha value is -2.75. The smallest absolute Gasteiger partial charge is 0.234 e. The van der Waals surface area contributed by atoms with E-state index in [2.05, 4.69) is 12.1 Å². The highest BCUT2D eigenvalue weighted by atomic mass is 16.2. The lowest BCUT2D eigenvalue weighted by Gasteiger charge is -2.18. The van der Waals surface area contributed by atoms with Crippen LogP contribution >= 0.6 is 0 Å². The van der Waals surface area contributed by atoms with Crippen molar-refractivity contribution in [3.63, 3.8) is 0 Å². The van der Waals surface area contributed by atoms with Gasteiger partial charge in [0.05, 0.1) is 24.9 Å². The Bertz CT molecular complexity index is 874. The Balaban J connectivity index is 1.38. The van der Waals surface area contributed by atoms with Crippen LogP contribution in [0.4, 0.5) is 0 Å². The van der Waals surface area contributed by atoms with E-state index in [4.69, 9.17) is 4.99 Å². The highest BCUT2D eigenvalue weighted by Crippen LogP contribution is 2.54. The van der Waals surface area contributed by atoms with Gasteiger partial charge < -0.3 is 0 Å². The predicted molar refractivity (Wildman–Crippen MR) is 103 cm³/mol. The van der Waals surface area contributed by atoms with Crippen LogP contribution in [0, 0.1) is 23.7 Å². The Morgan fingerprint density at radius 2 is 1.30 bits per heavy atom. The fourth-order valence-corrected chi connectivity index (χ4v) is 5.20. The summed E-state index contributed by atoms with van der Waals surface area (Å²) >= 11 is 0. The van der Waals surface area contributed by atoms with E-state index in [9.17, 15) is 9.59 Å². The molecule has 2 saturated carbocycles. The van der Waals surface area contributed by atoms with Crippen molar-refractivity contribution in [2.45, 2.75) is 25.9 Å².